The van der Waals surface area contributed by atoms with Crippen LogP contribution in [0.15, 0.2) is 53.5 Å². The second kappa shape index (κ2) is 11.9. The Kier molecular flexibility index (Phi) is 9.53. The number of guanidine groups is 1. The molecule has 0 aliphatic carbocycles. The fourth-order valence-corrected chi connectivity index (χ4v) is 3.60. The number of aliphatic imine (C=N–C) groups is 1. The van der Waals surface area contributed by atoms with E-state index < -0.39 is 0 Å². The van der Waals surface area contributed by atoms with Crippen molar-refractivity contribution in [3.63, 3.8) is 0 Å². The zero-order chi connectivity index (χ0) is 19.8. The maximum Gasteiger partial charge on any atom is 0.188 e. The average Bonchev–Trinajstić information content (AvgIpc) is 3.27. The zero-order valence-electron chi connectivity index (χ0n) is 17.1. The molecule has 6 nitrogen and oxygen atoms in total. The van der Waals surface area contributed by atoms with E-state index in [-0.39, 0.29) is 24.0 Å². The Labute approximate surface area is 190 Å². The number of nitrogens with one attached hydrogen (secondary N) is 1. The first kappa shape index (κ1) is 23.3. The number of nitrogens with zero attached hydrogens (tertiary/aromatic N) is 2. The standard InChI is InChI=1S/C22H30N4O2.HI/c1-27-20-11-10-17(14-21(20)28-2)15-24-22(23)25-16-19(26-12-6-7-13-26)18-8-4-3-5-9-18;/h3-5,8-11,14,19H,6-7,12-13,15-16H2,1-2H3,(H3,23,24,25);1H. The fourth-order valence-electron chi connectivity index (χ4n) is 3.60. The van der Waals surface area contributed by atoms with Crippen LogP contribution in [0.5, 0.6) is 11.5 Å². The van der Waals surface area contributed by atoms with Crippen LogP contribution in [0.3, 0.4) is 0 Å². The highest BCUT2D eigenvalue weighted by Gasteiger charge is 2.23. The Balaban J connectivity index is 0.00000300. The van der Waals surface area contributed by atoms with Gasteiger partial charge in [-0.15, -0.1) is 24.0 Å². The molecule has 1 fully saturated rings. The predicted octanol–water partition coefficient (Wildman–Crippen LogP) is 3.56. The first-order valence-corrected chi connectivity index (χ1v) is 9.75. The van der Waals surface area contributed by atoms with Crippen molar-refractivity contribution in [2.24, 2.45) is 10.7 Å². The van der Waals surface area contributed by atoms with Gasteiger partial charge in [-0.05, 0) is 49.2 Å². The second-order valence-corrected chi connectivity index (χ2v) is 6.94. The summed E-state index contributed by atoms with van der Waals surface area (Å²) < 4.78 is 10.6. The summed E-state index contributed by atoms with van der Waals surface area (Å²) in [5.41, 5.74) is 8.46. The van der Waals surface area contributed by atoms with Crippen LogP contribution >= 0.6 is 24.0 Å². The second-order valence-electron chi connectivity index (χ2n) is 6.94. The molecular weight excluding hydrogens is 479 g/mol. The number of rotatable bonds is 8. The molecule has 0 aromatic heterocycles. The molecule has 1 unspecified atom stereocenters. The van der Waals surface area contributed by atoms with E-state index in [0.29, 0.717) is 30.0 Å². The first-order valence-electron chi connectivity index (χ1n) is 9.75. The highest BCUT2D eigenvalue weighted by atomic mass is 127. The van der Waals surface area contributed by atoms with E-state index in [4.69, 9.17) is 15.2 Å². The maximum atomic E-state index is 6.14. The number of hydrogen-bond acceptors (Lipinski definition) is 4. The lowest BCUT2D eigenvalue weighted by atomic mass is 10.1. The van der Waals surface area contributed by atoms with Crippen molar-refractivity contribution in [3.8, 4) is 11.5 Å². The molecule has 7 heteroatoms. The van der Waals surface area contributed by atoms with Crippen LogP contribution in [-0.4, -0.2) is 44.7 Å². The lowest BCUT2D eigenvalue weighted by Gasteiger charge is -2.28. The van der Waals surface area contributed by atoms with E-state index in [9.17, 15) is 0 Å². The summed E-state index contributed by atoms with van der Waals surface area (Å²) in [6.07, 6.45) is 2.51. The summed E-state index contributed by atoms with van der Waals surface area (Å²) in [6.45, 7) is 3.48. The van der Waals surface area contributed by atoms with Gasteiger partial charge in [0.05, 0.1) is 26.8 Å². The smallest absolute Gasteiger partial charge is 0.188 e. The van der Waals surface area contributed by atoms with Crippen molar-refractivity contribution >= 4 is 29.9 Å². The summed E-state index contributed by atoms with van der Waals surface area (Å²) in [5, 5.41) is 3.31. The van der Waals surface area contributed by atoms with E-state index in [0.717, 1.165) is 25.2 Å². The number of likely N-dealkylation sites (tertiary alicyclic amines) is 1. The lowest BCUT2D eigenvalue weighted by molar-refractivity contribution is 0.245. The van der Waals surface area contributed by atoms with Gasteiger partial charge in [-0.3, -0.25) is 4.90 Å². The molecule has 0 bridgehead atoms. The van der Waals surface area contributed by atoms with Crippen molar-refractivity contribution in [1.82, 2.24) is 10.2 Å². The number of ether oxygens (including phenoxy) is 2. The third kappa shape index (κ3) is 6.50. The largest absolute Gasteiger partial charge is 0.493 e. The van der Waals surface area contributed by atoms with Gasteiger partial charge in [0.25, 0.3) is 0 Å². The molecule has 1 atom stereocenters. The Morgan fingerprint density at radius 2 is 1.76 bits per heavy atom. The zero-order valence-corrected chi connectivity index (χ0v) is 19.5. The maximum absolute atomic E-state index is 6.14. The molecule has 2 aromatic carbocycles. The summed E-state index contributed by atoms with van der Waals surface area (Å²) >= 11 is 0. The van der Waals surface area contributed by atoms with Crippen molar-refractivity contribution < 1.29 is 9.47 Å². The monoisotopic (exact) mass is 510 g/mol. The summed E-state index contributed by atoms with van der Waals surface area (Å²) in [6, 6.07) is 16.7. The fraction of sp³-hybridized carbons (Fsp3) is 0.409. The first-order chi connectivity index (χ1) is 13.7. The topological polar surface area (TPSA) is 72.1 Å². The van der Waals surface area contributed by atoms with E-state index in [1.165, 1.54) is 18.4 Å². The number of hydrogen-bond donors (Lipinski definition) is 2. The van der Waals surface area contributed by atoms with E-state index >= 15 is 0 Å². The molecule has 3 N–H and O–H groups in total. The molecule has 158 valence electrons. The van der Waals surface area contributed by atoms with Crippen LogP contribution in [0.25, 0.3) is 0 Å². The molecule has 1 heterocycles. The third-order valence-corrected chi connectivity index (χ3v) is 5.12. The van der Waals surface area contributed by atoms with Crippen molar-refractivity contribution in [2.75, 3.05) is 33.9 Å². The Bertz CT molecular complexity index is 780. The number of benzene rings is 2. The van der Waals surface area contributed by atoms with Gasteiger partial charge in [-0.1, -0.05) is 36.4 Å². The van der Waals surface area contributed by atoms with Crippen LogP contribution in [0.4, 0.5) is 0 Å². The molecule has 0 amide bonds. The highest BCUT2D eigenvalue weighted by molar-refractivity contribution is 14.0. The molecule has 0 radical (unpaired) electrons. The normalized spacial score (nSPS) is 15.4. The minimum atomic E-state index is 0. The van der Waals surface area contributed by atoms with Crippen LogP contribution in [0.2, 0.25) is 0 Å². The minimum Gasteiger partial charge on any atom is -0.493 e. The van der Waals surface area contributed by atoms with Crippen molar-refractivity contribution in [3.05, 3.63) is 59.7 Å². The SMILES string of the molecule is COc1ccc(CN=C(N)NCC(c2ccccc2)N2CCCC2)cc1OC.I. The van der Waals surface area contributed by atoms with Gasteiger partial charge in [0.1, 0.15) is 0 Å². The molecule has 1 aliphatic rings. The minimum absolute atomic E-state index is 0. The van der Waals surface area contributed by atoms with Crippen LogP contribution in [0.1, 0.15) is 30.0 Å². The summed E-state index contributed by atoms with van der Waals surface area (Å²) in [7, 11) is 3.25. The van der Waals surface area contributed by atoms with Gasteiger partial charge in [-0.25, -0.2) is 4.99 Å². The Morgan fingerprint density at radius 1 is 1.07 bits per heavy atom. The highest BCUT2D eigenvalue weighted by Crippen LogP contribution is 2.28. The Morgan fingerprint density at radius 3 is 2.41 bits per heavy atom. The van der Waals surface area contributed by atoms with Crippen LogP contribution < -0.4 is 20.5 Å². The molecule has 2 aromatic rings. The predicted molar refractivity (Wildman–Crippen MR) is 128 cm³/mol. The number of halogens is 1. The Hall–Kier alpha value is -2.00. The average molecular weight is 510 g/mol. The number of nitrogens with two attached hydrogens (primary N) is 1. The van der Waals surface area contributed by atoms with Gasteiger partial charge in [0.2, 0.25) is 0 Å². The van der Waals surface area contributed by atoms with Crippen molar-refractivity contribution in [1.29, 1.82) is 0 Å². The number of methoxy groups -OCH3 is 2. The third-order valence-electron chi connectivity index (χ3n) is 5.12. The molecule has 0 spiro atoms. The van der Waals surface area contributed by atoms with E-state index in [1.807, 2.05) is 18.2 Å². The summed E-state index contributed by atoms with van der Waals surface area (Å²) in [4.78, 5) is 7.00. The molecule has 0 saturated carbocycles. The van der Waals surface area contributed by atoms with Gasteiger partial charge in [-0.2, -0.15) is 0 Å². The molecule has 1 saturated heterocycles. The van der Waals surface area contributed by atoms with E-state index in [2.05, 4.69) is 45.5 Å². The van der Waals surface area contributed by atoms with Gasteiger partial charge >= 0.3 is 0 Å². The summed E-state index contributed by atoms with van der Waals surface area (Å²) in [5.74, 6) is 1.85. The van der Waals surface area contributed by atoms with Crippen LogP contribution in [-0.2, 0) is 6.54 Å². The van der Waals surface area contributed by atoms with Gasteiger partial charge in [0, 0.05) is 6.54 Å². The van der Waals surface area contributed by atoms with Gasteiger partial charge < -0.3 is 20.5 Å². The van der Waals surface area contributed by atoms with Crippen molar-refractivity contribution in [2.45, 2.75) is 25.4 Å². The van der Waals surface area contributed by atoms with Crippen LogP contribution in [0, 0.1) is 0 Å². The molecule has 3 rings (SSSR count). The molecule has 1 aliphatic heterocycles. The van der Waals surface area contributed by atoms with Gasteiger partial charge in [0.15, 0.2) is 17.5 Å². The van der Waals surface area contributed by atoms with E-state index in [1.54, 1.807) is 14.2 Å². The molecular formula is C22H31IN4O2. The lowest BCUT2D eigenvalue weighted by Crippen LogP contribution is -2.40. The quantitative estimate of drug-likeness (QED) is 0.323. The molecule has 29 heavy (non-hydrogen) atoms.